The summed E-state index contributed by atoms with van der Waals surface area (Å²) in [5.41, 5.74) is 9.17. The van der Waals surface area contributed by atoms with Gasteiger partial charge >= 0.3 is 0 Å². The van der Waals surface area contributed by atoms with E-state index in [1.54, 1.807) is 12.1 Å². The van der Waals surface area contributed by atoms with Gasteiger partial charge in [-0.15, -0.1) is 0 Å². The van der Waals surface area contributed by atoms with Gasteiger partial charge in [0.15, 0.2) is 0 Å². The quantitative estimate of drug-likeness (QED) is 0.306. The summed E-state index contributed by atoms with van der Waals surface area (Å²) in [5.74, 6) is 0.482. The van der Waals surface area contributed by atoms with Crippen LogP contribution in [0.15, 0.2) is 72.8 Å². The Morgan fingerprint density at radius 3 is 2.50 bits per heavy atom. The van der Waals surface area contributed by atoms with Crippen molar-refractivity contribution in [2.45, 2.75) is 31.2 Å². The summed E-state index contributed by atoms with van der Waals surface area (Å²) in [6, 6.07) is 25.4. The maximum Gasteiger partial charge on any atom is 0.269 e. The van der Waals surface area contributed by atoms with Gasteiger partial charge in [-0.2, -0.15) is 0 Å². The first-order valence-electron chi connectivity index (χ1n) is 11.3. The Bertz CT molecular complexity index is 1430. The molecule has 4 heteroatoms. The summed E-state index contributed by atoms with van der Waals surface area (Å²) >= 11 is 0. The third kappa shape index (κ3) is 2.38. The number of nitrogens with one attached hydrogen (secondary N) is 1. The van der Waals surface area contributed by atoms with Crippen LogP contribution in [0.4, 0.5) is 11.4 Å². The van der Waals surface area contributed by atoms with Gasteiger partial charge in [0.1, 0.15) is 0 Å². The van der Waals surface area contributed by atoms with Crippen LogP contribution in [0.2, 0.25) is 0 Å². The zero-order valence-corrected chi connectivity index (χ0v) is 17.5. The van der Waals surface area contributed by atoms with Crippen molar-refractivity contribution in [1.29, 1.82) is 0 Å². The van der Waals surface area contributed by atoms with Crippen LogP contribution in [0.25, 0.3) is 10.8 Å². The fraction of sp³-hybridized carbons (Fsp3) is 0.214. The summed E-state index contributed by atoms with van der Waals surface area (Å²) in [4.78, 5) is 11.2. The highest BCUT2D eigenvalue weighted by atomic mass is 16.6. The van der Waals surface area contributed by atoms with Gasteiger partial charge in [0.25, 0.3) is 5.69 Å². The van der Waals surface area contributed by atoms with Crippen molar-refractivity contribution < 1.29 is 4.92 Å². The largest absolute Gasteiger partial charge is 0.378 e. The molecular formula is C28H22N2O2. The van der Waals surface area contributed by atoms with Gasteiger partial charge in [0, 0.05) is 23.7 Å². The molecular weight excluding hydrogens is 396 g/mol. The van der Waals surface area contributed by atoms with Gasteiger partial charge in [-0.25, -0.2) is 0 Å². The number of anilines is 1. The lowest BCUT2D eigenvalue weighted by Gasteiger charge is -2.38. The number of hydrogen-bond acceptors (Lipinski definition) is 3. The minimum Gasteiger partial charge on any atom is -0.378 e. The molecule has 2 aliphatic carbocycles. The molecule has 0 radical (unpaired) electrons. The molecule has 0 unspecified atom stereocenters. The molecule has 4 aromatic rings. The van der Waals surface area contributed by atoms with Crippen molar-refractivity contribution in [1.82, 2.24) is 0 Å². The molecule has 0 amide bonds. The van der Waals surface area contributed by atoms with Crippen molar-refractivity contribution in [3.8, 4) is 0 Å². The number of nitrogens with zero attached hydrogens (tertiary/aromatic N) is 1. The number of fused-ring (bicyclic) bond motifs is 5. The molecule has 0 bridgehead atoms. The van der Waals surface area contributed by atoms with Crippen molar-refractivity contribution in [2.24, 2.45) is 5.92 Å². The van der Waals surface area contributed by atoms with Gasteiger partial charge in [-0.1, -0.05) is 54.6 Å². The van der Waals surface area contributed by atoms with Crippen LogP contribution < -0.4 is 5.32 Å². The van der Waals surface area contributed by atoms with E-state index in [0.29, 0.717) is 5.92 Å². The number of benzene rings is 4. The number of nitro groups is 1. The average Bonchev–Trinajstić information content (AvgIpc) is 3.42. The molecule has 0 aromatic heterocycles. The standard InChI is InChI=1S/C28H22N2O2/c31-30(32)19-11-13-25-23(15-19)27-20-6-2-1-4-18(20)14-24(27)28(29-25)22-12-10-17-9-8-16-5-3-7-21(22)26(16)17/h1-7,10-13,15,24,27-29H,8-9,14H2/t24-,27+,28-/m1/s1. The van der Waals surface area contributed by atoms with Crippen molar-refractivity contribution in [2.75, 3.05) is 5.32 Å². The van der Waals surface area contributed by atoms with Crippen LogP contribution in [0.1, 0.15) is 45.3 Å². The van der Waals surface area contributed by atoms with E-state index in [1.807, 2.05) is 6.07 Å². The highest BCUT2D eigenvalue weighted by Gasteiger charge is 2.44. The summed E-state index contributed by atoms with van der Waals surface area (Å²) in [5, 5.41) is 18.1. The van der Waals surface area contributed by atoms with E-state index in [2.05, 4.69) is 59.9 Å². The molecule has 7 rings (SSSR count). The zero-order chi connectivity index (χ0) is 21.4. The topological polar surface area (TPSA) is 55.2 Å². The van der Waals surface area contributed by atoms with Gasteiger partial charge < -0.3 is 5.32 Å². The molecule has 0 saturated carbocycles. The first-order chi connectivity index (χ1) is 15.7. The first-order valence-corrected chi connectivity index (χ1v) is 11.3. The number of hydrogen-bond donors (Lipinski definition) is 1. The third-order valence-corrected chi connectivity index (χ3v) is 7.84. The van der Waals surface area contributed by atoms with Crippen LogP contribution in [0.5, 0.6) is 0 Å². The summed E-state index contributed by atoms with van der Waals surface area (Å²) < 4.78 is 0. The number of nitro benzene ring substituents is 1. The van der Waals surface area contributed by atoms with Crippen molar-refractivity contribution in [3.05, 3.63) is 116 Å². The molecule has 1 N–H and O–H groups in total. The van der Waals surface area contributed by atoms with E-state index >= 15 is 0 Å². The maximum atomic E-state index is 11.5. The molecule has 0 spiro atoms. The molecule has 3 atom stereocenters. The summed E-state index contributed by atoms with van der Waals surface area (Å²) in [6.45, 7) is 0. The lowest BCUT2D eigenvalue weighted by molar-refractivity contribution is -0.384. The van der Waals surface area contributed by atoms with Gasteiger partial charge in [0.2, 0.25) is 0 Å². The van der Waals surface area contributed by atoms with Crippen molar-refractivity contribution >= 4 is 22.1 Å². The fourth-order valence-corrected chi connectivity index (χ4v) is 6.51. The maximum absolute atomic E-state index is 11.5. The molecule has 4 aromatic carbocycles. The number of aryl methyl sites for hydroxylation is 2. The van der Waals surface area contributed by atoms with Crippen LogP contribution >= 0.6 is 0 Å². The van der Waals surface area contributed by atoms with Crippen LogP contribution in [0, 0.1) is 16.0 Å². The minimum atomic E-state index is -0.286. The Morgan fingerprint density at radius 1 is 0.812 bits per heavy atom. The predicted molar refractivity (Wildman–Crippen MR) is 126 cm³/mol. The van der Waals surface area contributed by atoms with Gasteiger partial charge in [-0.05, 0) is 75.4 Å². The molecule has 1 heterocycles. The van der Waals surface area contributed by atoms with E-state index in [4.69, 9.17) is 0 Å². The highest BCUT2D eigenvalue weighted by molar-refractivity contribution is 5.94. The van der Waals surface area contributed by atoms with E-state index in [9.17, 15) is 10.1 Å². The monoisotopic (exact) mass is 418 g/mol. The molecule has 0 fully saturated rings. The van der Waals surface area contributed by atoms with Crippen LogP contribution in [0.3, 0.4) is 0 Å². The van der Waals surface area contributed by atoms with Crippen LogP contribution in [-0.2, 0) is 19.3 Å². The Labute approximate surface area is 186 Å². The second-order valence-electron chi connectivity index (χ2n) is 9.35. The lowest BCUT2D eigenvalue weighted by Crippen LogP contribution is -2.30. The third-order valence-electron chi connectivity index (χ3n) is 7.84. The number of rotatable bonds is 2. The molecule has 3 aliphatic rings. The van der Waals surface area contributed by atoms with E-state index < -0.39 is 0 Å². The van der Waals surface area contributed by atoms with E-state index in [-0.39, 0.29) is 22.6 Å². The SMILES string of the molecule is O=[N+]([O-])c1ccc2c(c1)[C@@H]1c3ccccc3C[C@H]1[C@@H](c1ccc3c4c(cccc14)CC3)N2. The van der Waals surface area contributed by atoms with E-state index in [1.165, 1.54) is 38.6 Å². The van der Waals surface area contributed by atoms with E-state index in [0.717, 1.165) is 30.5 Å². The Morgan fingerprint density at radius 2 is 1.62 bits per heavy atom. The normalized spacial score (nSPS) is 22.2. The van der Waals surface area contributed by atoms with Crippen molar-refractivity contribution in [3.63, 3.8) is 0 Å². The molecule has 1 aliphatic heterocycles. The molecule has 156 valence electrons. The smallest absolute Gasteiger partial charge is 0.269 e. The average molecular weight is 418 g/mol. The van der Waals surface area contributed by atoms with Gasteiger partial charge in [0.05, 0.1) is 11.0 Å². The summed E-state index contributed by atoms with van der Waals surface area (Å²) in [7, 11) is 0. The lowest BCUT2D eigenvalue weighted by atomic mass is 9.74. The second kappa shape index (κ2) is 6.42. The highest BCUT2D eigenvalue weighted by Crippen LogP contribution is 2.55. The number of non-ortho nitro benzene ring substituents is 1. The van der Waals surface area contributed by atoms with Crippen LogP contribution in [-0.4, -0.2) is 4.92 Å². The minimum absolute atomic E-state index is 0.159. The Kier molecular flexibility index (Phi) is 3.61. The molecule has 32 heavy (non-hydrogen) atoms. The first kappa shape index (κ1) is 18.0. The van der Waals surface area contributed by atoms with Gasteiger partial charge in [-0.3, -0.25) is 10.1 Å². The molecule has 0 saturated heterocycles. The summed E-state index contributed by atoms with van der Waals surface area (Å²) in [6.07, 6.45) is 3.22. The molecule has 4 nitrogen and oxygen atoms in total. The fourth-order valence-electron chi connectivity index (χ4n) is 6.51. The Hall–Kier alpha value is -3.66. The Balaban J connectivity index is 1.45. The second-order valence-corrected chi connectivity index (χ2v) is 9.35. The zero-order valence-electron chi connectivity index (χ0n) is 17.5. The predicted octanol–water partition coefficient (Wildman–Crippen LogP) is 6.32.